The molecule has 0 atom stereocenters. The van der Waals surface area contributed by atoms with Gasteiger partial charge in [0.25, 0.3) is 0 Å². The normalized spacial score (nSPS) is 10.8. The van der Waals surface area contributed by atoms with Gasteiger partial charge in [-0.25, -0.2) is 4.39 Å². The quantitative estimate of drug-likeness (QED) is 0.879. The minimum atomic E-state index is -0.488. The van der Waals surface area contributed by atoms with Crippen LogP contribution in [0.3, 0.4) is 0 Å². The lowest BCUT2D eigenvalue weighted by atomic mass is 10.1. The van der Waals surface area contributed by atoms with E-state index in [9.17, 15) is 9.18 Å². The highest BCUT2D eigenvalue weighted by molar-refractivity contribution is 6.30. The molecule has 100 valence electrons. The van der Waals surface area contributed by atoms with Gasteiger partial charge in [-0.1, -0.05) is 11.6 Å². The van der Waals surface area contributed by atoms with Crippen molar-refractivity contribution in [3.05, 3.63) is 52.1 Å². The van der Waals surface area contributed by atoms with Gasteiger partial charge in [0.05, 0.1) is 11.6 Å². The number of aryl methyl sites for hydroxylation is 1. The van der Waals surface area contributed by atoms with Gasteiger partial charge in [-0.3, -0.25) is 4.79 Å². The van der Waals surface area contributed by atoms with Gasteiger partial charge in [0.1, 0.15) is 5.82 Å². The summed E-state index contributed by atoms with van der Waals surface area (Å²) >= 11 is 5.67. The summed E-state index contributed by atoms with van der Waals surface area (Å²) in [7, 11) is 0. The molecule has 0 saturated heterocycles. The Morgan fingerprint density at radius 1 is 1.37 bits per heavy atom. The Morgan fingerprint density at radius 2 is 2.05 bits per heavy atom. The third-order valence-corrected chi connectivity index (χ3v) is 3.38. The van der Waals surface area contributed by atoms with Gasteiger partial charge in [0.15, 0.2) is 5.78 Å². The molecule has 0 spiro atoms. The van der Waals surface area contributed by atoms with Gasteiger partial charge in [-0.2, -0.15) is 0 Å². The number of carbonyl (C=O) groups is 1. The van der Waals surface area contributed by atoms with Crippen molar-refractivity contribution >= 4 is 17.4 Å². The molecule has 0 bridgehead atoms. The van der Waals surface area contributed by atoms with Crippen molar-refractivity contribution in [3.8, 4) is 5.69 Å². The molecule has 0 unspecified atom stereocenters. The van der Waals surface area contributed by atoms with Gasteiger partial charge in [-0.05, 0) is 38.1 Å². The van der Waals surface area contributed by atoms with E-state index in [-0.39, 0.29) is 17.4 Å². The van der Waals surface area contributed by atoms with Crippen molar-refractivity contribution < 1.29 is 9.18 Å². The maximum atomic E-state index is 13.5. The first-order chi connectivity index (χ1) is 8.95. The van der Waals surface area contributed by atoms with Crippen molar-refractivity contribution in [1.82, 2.24) is 4.57 Å². The standard InChI is InChI=1S/C14H14ClFN2O/c1-8-5-11(14(19)7-17)9(2)18(8)10-3-4-12(15)13(16)6-10/h3-6H,7,17H2,1-2H3. The Morgan fingerprint density at radius 3 is 2.63 bits per heavy atom. The van der Waals surface area contributed by atoms with E-state index < -0.39 is 5.82 Å². The Hall–Kier alpha value is -1.65. The van der Waals surface area contributed by atoms with Crippen molar-refractivity contribution in [1.29, 1.82) is 0 Å². The van der Waals surface area contributed by atoms with Crippen LogP contribution < -0.4 is 5.73 Å². The number of nitrogens with zero attached hydrogens (tertiary/aromatic N) is 1. The van der Waals surface area contributed by atoms with Crippen LogP contribution in [0.4, 0.5) is 4.39 Å². The second-order valence-corrected chi connectivity index (χ2v) is 4.75. The molecule has 0 radical (unpaired) electrons. The van der Waals surface area contributed by atoms with Gasteiger partial charge >= 0.3 is 0 Å². The molecule has 1 heterocycles. The molecule has 3 nitrogen and oxygen atoms in total. The van der Waals surface area contributed by atoms with Crippen LogP contribution in [0.25, 0.3) is 5.69 Å². The molecule has 5 heteroatoms. The molecule has 1 aromatic heterocycles. The van der Waals surface area contributed by atoms with E-state index >= 15 is 0 Å². The second kappa shape index (κ2) is 5.15. The van der Waals surface area contributed by atoms with Crippen molar-refractivity contribution in [2.75, 3.05) is 6.54 Å². The number of nitrogens with two attached hydrogens (primary N) is 1. The number of benzene rings is 1. The molecule has 0 fully saturated rings. The number of Topliss-reactive ketones (excluding diaryl/α,β-unsaturated/α-hetero) is 1. The summed E-state index contributed by atoms with van der Waals surface area (Å²) in [6, 6.07) is 6.31. The average Bonchev–Trinajstić information content (AvgIpc) is 2.68. The molecule has 2 rings (SSSR count). The van der Waals surface area contributed by atoms with Crippen LogP contribution in [0, 0.1) is 19.7 Å². The number of hydrogen-bond acceptors (Lipinski definition) is 2. The van der Waals surface area contributed by atoms with E-state index in [2.05, 4.69) is 0 Å². The maximum Gasteiger partial charge on any atom is 0.178 e. The lowest BCUT2D eigenvalue weighted by Crippen LogP contribution is -2.14. The predicted octanol–water partition coefficient (Wildman–Crippen LogP) is 3.03. The maximum absolute atomic E-state index is 13.5. The Labute approximate surface area is 115 Å². The van der Waals surface area contributed by atoms with Gasteiger partial charge in [0.2, 0.25) is 0 Å². The van der Waals surface area contributed by atoms with Crippen molar-refractivity contribution in [2.24, 2.45) is 5.73 Å². The first-order valence-electron chi connectivity index (χ1n) is 5.83. The van der Waals surface area contributed by atoms with E-state index in [4.69, 9.17) is 17.3 Å². The topological polar surface area (TPSA) is 48.0 Å². The van der Waals surface area contributed by atoms with Crippen molar-refractivity contribution in [2.45, 2.75) is 13.8 Å². The molecule has 1 aromatic carbocycles. The van der Waals surface area contributed by atoms with Crippen LogP contribution in [-0.2, 0) is 0 Å². The summed E-state index contributed by atoms with van der Waals surface area (Å²) in [6.07, 6.45) is 0. The molecule has 0 amide bonds. The summed E-state index contributed by atoms with van der Waals surface area (Å²) in [6.45, 7) is 3.62. The van der Waals surface area contributed by atoms with Crippen LogP contribution >= 0.6 is 11.6 Å². The summed E-state index contributed by atoms with van der Waals surface area (Å²) in [5.41, 5.74) is 8.16. The van der Waals surface area contributed by atoms with Crippen LogP contribution in [-0.4, -0.2) is 16.9 Å². The molecule has 0 aliphatic carbocycles. The van der Waals surface area contributed by atoms with E-state index in [1.165, 1.54) is 12.1 Å². The van der Waals surface area contributed by atoms with E-state index in [1.807, 2.05) is 18.4 Å². The summed E-state index contributed by atoms with van der Waals surface area (Å²) in [4.78, 5) is 11.7. The fraction of sp³-hybridized carbons (Fsp3) is 0.214. The predicted molar refractivity (Wildman–Crippen MR) is 73.6 cm³/mol. The monoisotopic (exact) mass is 280 g/mol. The lowest BCUT2D eigenvalue weighted by Gasteiger charge is -2.10. The Balaban J connectivity index is 2.59. The minimum Gasteiger partial charge on any atom is -0.324 e. The smallest absolute Gasteiger partial charge is 0.178 e. The first kappa shape index (κ1) is 13.8. The average molecular weight is 281 g/mol. The largest absolute Gasteiger partial charge is 0.324 e. The highest BCUT2D eigenvalue weighted by atomic mass is 35.5. The SMILES string of the molecule is Cc1cc(C(=O)CN)c(C)n1-c1ccc(Cl)c(F)c1. The second-order valence-electron chi connectivity index (χ2n) is 4.35. The van der Waals surface area contributed by atoms with E-state index in [0.717, 1.165) is 11.4 Å². The summed E-state index contributed by atoms with van der Waals surface area (Å²) < 4.78 is 15.3. The highest BCUT2D eigenvalue weighted by Crippen LogP contribution is 2.24. The van der Waals surface area contributed by atoms with Gasteiger partial charge < -0.3 is 10.3 Å². The van der Waals surface area contributed by atoms with Crippen molar-refractivity contribution in [3.63, 3.8) is 0 Å². The van der Waals surface area contributed by atoms with Crippen LogP contribution in [0.5, 0.6) is 0 Å². The number of carbonyl (C=O) groups excluding carboxylic acids is 1. The zero-order chi connectivity index (χ0) is 14.2. The molecular formula is C14H14ClFN2O. The Bertz CT molecular complexity index is 649. The van der Waals surface area contributed by atoms with Crippen LogP contribution in [0.2, 0.25) is 5.02 Å². The van der Waals surface area contributed by atoms with Gasteiger partial charge in [0, 0.05) is 22.6 Å². The number of rotatable bonds is 3. The molecule has 0 aliphatic heterocycles. The highest BCUT2D eigenvalue weighted by Gasteiger charge is 2.16. The minimum absolute atomic E-state index is 0.0424. The third kappa shape index (κ3) is 2.41. The fourth-order valence-electron chi connectivity index (χ4n) is 2.18. The van der Waals surface area contributed by atoms with Gasteiger partial charge in [-0.15, -0.1) is 0 Å². The molecule has 19 heavy (non-hydrogen) atoms. The number of aromatic nitrogens is 1. The number of ketones is 1. The van der Waals surface area contributed by atoms with Crippen LogP contribution in [0.1, 0.15) is 21.7 Å². The molecule has 2 aromatic rings. The third-order valence-electron chi connectivity index (χ3n) is 3.08. The zero-order valence-corrected chi connectivity index (χ0v) is 11.5. The number of hydrogen-bond donors (Lipinski definition) is 1. The van der Waals surface area contributed by atoms with Crippen LogP contribution in [0.15, 0.2) is 24.3 Å². The fourth-order valence-corrected chi connectivity index (χ4v) is 2.29. The molecule has 0 saturated carbocycles. The number of halogens is 2. The zero-order valence-electron chi connectivity index (χ0n) is 10.7. The summed E-state index contributed by atoms with van der Waals surface area (Å²) in [5.74, 6) is -0.618. The first-order valence-corrected chi connectivity index (χ1v) is 6.21. The van der Waals surface area contributed by atoms with E-state index in [0.29, 0.717) is 11.3 Å². The molecule has 2 N–H and O–H groups in total. The lowest BCUT2D eigenvalue weighted by molar-refractivity contribution is 0.100. The molecule has 0 aliphatic rings. The van der Waals surface area contributed by atoms with E-state index in [1.54, 1.807) is 12.1 Å². The summed E-state index contributed by atoms with van der Waals surface area (Å²) in [5, 5.41) is 0.0736. The Kier molecular flexibility index (Phi) is 3.73. The molecular weight excluding hydrogens is 267 g/mol.